The molecule has 0 atom stereocenters. The molecule has 0 saturated heterocycles. The third-order valence-electron chi connectivity index (χ3n) is 3.07. The highest BCUT2D eigenvalue weighted by molar-refractivity contribution is 5.85. The number of anilines is 1. The lowest BCUT2D eigenvalue weighted by Gasteiger charge is -2.06. The second-order valence-corrected chi connectivity index (χ2v) is 4.54. The van der Waals surface area contributed by atoms with Crippen LogP contribution in [0, 0.1) is 0 Å². The maximum Gasteiger partial charge on any atom is 0.154 e. The molecule has 0 bridgehead atoms. The molecule has 2 N–H and O–H groups in total. The predicted molar refractivity (Wildman–Crippen MR) is 68.0 cm³/mol. The molecular weight excluding hydrogens is 214 g/mol. The third-order valence-corrected chi connectivity index (χ3v) is 3.07. The molecule has 5 heteroatoms. The van der Waals surface area contributed by atoms with Crippen LogP contribution in [0.4, 0.5) is 5.82 Å². The molecule has 0 amide bonds. The number of fused-ring (bicyclic) bond motifs is 1. The third kappa shape index (κ3) is 2.24. The predicted octanol–water partition coefficient (Wildman–Crippen LogP) is 1.13. The van der Waals surface area contributed by atoms with Crippen LogP contribution in [0.1, 0.15) is 12.8 Å². The summed E-state index contributed by atoms with van der Waals surface area (Å²) >= 11 is 0. The van der Waals surface area contributed by atoms with E-state index in [0.29, 0.717) is 0 Å². The Hall–Kier alpha value is -1.62. The summed E-state index contributed by atoms with van der Waals surface area (Å²) in [5.41, 5.74) is 2.05. The fourth-order valence-corrected chi connectivity index (χ4v) is 1.94. The van der Waals surface area contributed by atoms with Gasteiger partial charge in [-0.05, 0) is 18.9 Å². The van der Waals surface area contributed by atoms with Crippen molar-refractivity contribution in [3.8, 4) is 0 Å². The van der Waals surface area contributed by atoms with Gasteiger partial charge in [-0.3, -0.25) is 0 Å². The molecule has 0 spiro atoms. The van der Waals surface area contributed by atoms with E-state index >= 15 is 0 Å². The maximum atomic E-state index is 4.36. The lowest BCUT2D eigenvalue weighted by atomic mass is 10.3. The Morgan fingerprint density at radius 1 is 1.35 bits per heavy atom. The molecule has 2 aromatic rings. The summed E-state index contributed by atoms with van der Waals surface area (Å²) in [6.07, 6.45) is 6.29. The van der Waals surface area contributed by atoms with Crippen molar-refractivity contribution in [2.75, 3.05) is 18.4 Å². The van der Waals surface area contributed by atoms with E-state index in [9.17, 15) is 0 Å². The first-order valence-corrected chi connectivity index (χ1v) is 6.08. The monoisotopic (exact) mass is 231 g/mol. The van der Waals surface area contributed by atoms with Gasteiger partial charge < -0.3 is 15.2 Å². The van der Waals surface area contributed by atoms with E-state index in [0.717, 1.165) is 36.0 Å². The van der Waals surface area contributed by atoms with Gasteiger partial charge in [0, 0.05) is 32.4 Å². The van der Waals surface area contributed by atoms with Crippen LogP contribution in [0.15, 0.2) is 18.6 Å². The van der Waals surface area contributed by atoms with Gasteiger partial charge in [0.1, 0.15) is 5.52 Å². The molecule has 90 valence electrons. The molecule has 0 aromatic carbocycles. The average molecular weight is 231 g/mol. The van der Waals surface area contributed by atoms with Crippen LogP contribution in [-0.2, 0) is 7.05 Å². The van der Waals surface area contributed by atoms with Gasteiger partial charge in [0.25, 0.3) is 0 Å². The van der Waals surface area contributed by atoms with Crippen molar-refractivity contribution in [1.29, 1.82) is 0 Å². The molecule has 0 radical (unpaired) electrons. The summed E-state index contributed by atoms with van der Waals surface area (Å²) in [6, 6.07) is 2.74. The number of aromatic nitrogens is 3. The lowest BCUT2D eigenvalue weighted by molar-refractivity contribution is 0.701. The van der Waals surface area contributed by atoms with Crippen LogP contribution in [-0.4, -0.2) is 33.7 Å². The number of imidazole rings is 1. The summed E-state index contributed by atoms with van der Waals surface area (Å²) in [6.45, 7) is 1.87. The lowest BCUT2D eigenvalue weighted by Crippen LogP contribution is -2.24. The summed E-state index contributed by atoms with van der Waals surface area (Å²) in [7, 11) is 1.99. The molecule has 3 rings (SSSR count). The molecule has 1 fully saturated rings. The molecular formula is C12H17N5. The average Bonchev–Trinajstić information content (AvgIpc) is 3.09. The zero-order valence-electron chi connectivity index (χ0n) is 9.98. The first-order chi connectivity index (χ1) is 8.34. The molecule has 0 unspecified atom stereocenters. The van der Waals surface area contributed by atoms with Gasteiger partial charge in [-0.25, -0.2) is 9.97 Å². The largest absolute Gasteiger partial charge is 0.367 e. The molecule has 1 aliphatic carbocycles. The van der Waals surface area contributed by atoms with Crippen molar-refractivity contribution in [2.24, 2.45) is 7.05 Å². The van der Waals surface area contributed by atoms with E-state index in [2.05, 4.69) is 20.6 Å². The normalized spacial score (nSPS) is 15.4. The Morgan fingerprint density at radius 3 is 3.06 bits per heavy atom. The van der Waals surface area contributed by atoms with Crippen LogP contribution >= 0.6 is 0 Å². The number of aryl methyl sites for hydroxylation is 1. The molecule has 17 heavy (non-hydrogen) atoms. The fourth-order valence-electron chi connectivity index (χ4n) is 1.94. The number of hydrogen-bond acceptors (Lipinski definition) is 4. The number of nitrogens with zero attached hydrogens (tertiary/aromatic N) is 3. The molecule has 2 heterocycles. The van der Waals surface area contributed by atoms with Crippen molar-refractivity contribution in [2.45, 2.75) is 18.9 Å². The van der Waals surface area contributed by atoms with Crippen molar-refractivity contribution in [3.05, 3.63) is 18.6 Å². The van der Waals surface area contributed by atoms with Gasteiger partial charge in [-0.15, -0.1) is 0 Å². The van der Waals surface area contributed by atoms with Gasteiger partial charge in [-0.2, -0.15) is 0 Å². The van der Waals surface area contributed by atoms with Gasteiger partial charge in [-0.1, -0.05) is 0 Å². The quantitative estimate of drug-likeness (QED) is 0.757. The van der Waals surface area contributed by atoms with Gasteiger partial charge >= 0.3 is 0 Å². The van der Waals surface area contributed by atoms with Crippen LogP contribution < -0.4 is 10.6 Å². The van der Waals surface area contributed by atoms with Crippen molar-refractivity contribution < 1.29 is 0 Å². The first kappa shape index (κ1) is 10.5. The summed E-state index contributed by atoms with van der Waals surface area (Å²) in [5, 5.41) is 6.80. The summed E-state index contributed by atoms with van der Waals surface area (Å²) in [4.78, 5) is 8.70. The second-order valence-electron chi connectivity index (χ2n) is 4.54. The minimum atomic E-state index is 0.760. The Bertz CT molecular complexity index is 515. The highest BCUT2D eigenvalue weighted by Gasteiger charge is 2.19. The highest BCUT2D eigenvalue weighted by atomic mass is 15.1. The van der Waals surface area contributed by atoms with Crippen LogP contribution in [0.25, 0.3) is 11.0 Å². The molecule has 5 nitrogen and oxygen atoms in total. The number of nitrogens with one attached hydrogen (secondary N) is 2. The Labute approximate surface area is 100 Å². The van der Waals surface area contributed by atoms with E-state index in [4.69, 9.17) is 0 Å². The Balaban J connectivity index is 1.66. The topological polar surface area (TPSA) is 54.8 Å². The first-order valence-electron chi connectivity index (χ1n) is 6.08. The summed E-state index contributed by atoms with van der Waals surface area (Å²) in [5.74, 6) is 0.876. The van der Waals surface area contributed by atoms with E-state index in [1.54, 1.807) is 0 Å². The zero-order valence-corrected chi connectivity index (χ0v) is 9.98. The van der Waals surface area contributed by atoms with Gasteiger partial charge in [0.05, 0.1) is 11.8 Å². The second kappa shape index (κ2) is 4.33. The van der Waals surface area contributed by atoms with E-state index in [1.165, 1.54) is 12.8 Å². The van der Waals surface area contributed by atoms with Crippen LogP contribution in [0.3, 0.4) is 0 Å². The van der Waals surface area contributed by atoms with Crippen molar-refractivity contribution >= 4 is 16.9 Å². The molecule has 2 aromatic heterocycles. The molecule has 1 saturated carbocycles. The zero-order chi connectivity index (χ0) is 11.7. The Morgan fingerprint density at radius 2 is 2.24 bits per heavy atom. The van der Waals surface area contributed by atoms with E-state index in [1.807, 2.05) is 30.2 Å². The fraction of sp³-hybridized carbons (Fsp3) is 0.500. The standard InChI is InChI=1S/C12H17N5/c1-17-8-16-11-10(17)4-5-14-12(11)15-7-6-13-9-2-3-9/h4-5,8-9,13H,2-3,6-7H2,1H3,(H,14,15). The van der Waals surface area contributed by atoms with Crippen molar-refractivity contribution in [3.63, 3.8) is 0 Å². The van der Waals surface area contributed by atoms with Crippen molar-refractivity contribution in [1.82, 2.24) is 19.9 Å². The van der Waals surface area contributed by atoms with Crippen LogP contribution in [0.5, 0.6) is 0 Å². The smallest absolute Gasteiger partial charge is 0.154 e. The minimum absolute atomic E-state index is 0.760. The van der Waals surface area contributed by atoms with E-state index in [-0.39, 0.29) is 0 Å². The summed E-state index contributed by atoms with van der Waals surface area (Å²) < 4.78 is 2.00. The SMILES string of the molecule is Cn1cnc2c(NCCNC3CC3)nccc21. The van der Waals surface area contributed by atoms with Crippen LogP contribution in [0.2, 0.25) is 0 Å². The highest BCUT2D eigenvalue weighted by Crippen LogP contribution is 2.19. The number of hydrogen-bond donors (Lipinski definition) is 2. The molecule has 0 aliphatic heterocycles. The minimum Gasteiger partial charge on any atom is -0.367 e. The van der Waals surface area contributed by atoms with E-state index < -0.39 is 0 Å². The number of pyridine rings is 1. The maximum absolute atomic E-state index is 4.36. The Kier molecular flexibility index (Phi) is 2.68. The van der Waals surface area contributed by atoms with Gasteiger partial charge in [0.2, 0.25) is 0 Å². The molecule has 1 aliphatic rings. The van der Waals surface area contributed by atoms with Gasteiger partial charge in [0.15, 0.2) is 5.82 Å². The number of rotatable bonds is 5.